The molecule has 1 aromatic rings. The van der Waals surface area contributed by atoms with Gasteiger partial charge in [-0.15, -0.1) is 0 Å². The molecule has 2 nitrogen and oxygen atoms in total. The summed E-state index contributed by atoms with van der Waals surface area (Å²) >= 11 is 0. The zero-order valence-corrected chi connectivity index (χ0v) is 11.7. The Hall–Kier alpha value is -0.860. The van der Waals surface area contributed by atoms with Gasteiger partial charge in [-0.1, -0.05) is 45.0 Å². The molecule has 0 aromatic heterocycles. The molecule has 2 atom stereocenters. The van der Waals surface area contributed by atoms with Crippen LogP contribution in [0.25, 0.3) is 0 Å². The minimum Gasteiger partial charge on any atom is -0.328 e. The fourth-order valence-electron chi connectivity index (χ4n) is 2.01. The molecular formula is C15H26N2. The van der Waals surface area contributed by atoms with Crippen molar-refractivity contribution < 1.29 is 0 Å². The Morgan fingerprint density at radius 3 is 2.06 bits per heavy atom. The van der Waals surface area contributed by atoms with E-state index >= 15 is 0 Å². The van der Waals surface area contributed by atoms with Gasteiger partial charge in [-0.25, -0.2) is 0 Å². The van der Waals surface area contributed by atoms with Gasteiger partial charge in [0.1, 0.15) is 0 Å². The van der Waals surface area contributed by atoms with Gasteiger partial charge in [0.05, 0.1) is 0 Å². The van der Waals surface area contributed by atoms with Crippen LogP contribution in [0.4, 0.5) is 0 Å². The highest BCUT2D eigenvalue weighted by Crippen LogP contribution is 2.25. The van der Waals surface area contributed by atoms with Gasteiger partial charge in [-0.05, 0) is 36.9 Å². The van der Waals surface area contributed by atoms with Gasteiger partial charge in [0.2, 0.25) is 0 Å². The van der Waals surface area contributed by atoms with E-state index in [0.29, 0.717) is 6.04 Å². The highest BCUT2D eigenvalue weighted by molar-refractivity contribution is 5.29. The minimum absolute atomic E-state index is 0.217. The Labute approximate surface area is 106 Å². The summed E-state index contributed by atoms with van der Waals surface area (Å²) in [7, 11) is 1.99. The van der Waals surface area contributed by atoms with E-state index in [1.165, 1.54) is 11.1 Å². The summed E-state index contributed by atoms with van der Waals surface area (Å²) in [5, 5.41) is 3.33. The van der Waals surface area contributed by atoms with E-state index in [4.69, 9.17) is 5.73 Å². The fraction of sp³-hybridized carbons (Fsp3) is 0.600. The maximum Gasteiger partial charge on any atom is 0.0332 e. The van der Waals surface area contributed by atoms with E-state index < -0.39 is 0 Å². The normalized spacial score (nSPS) is 15.6. The molecule has 96 valence electrons. The Balaban J connectivity index is 2.85. The quantitative estimate of drug-likeness (QED) is 0.840. The van der Waals surface area contributed by atoms with Crippen molar-refractivity contribution in [3.05, 3.63) is 35.4 Å². The van der Waals surface area contributed by atoms with Crippen LogP contribution >= 0.6 is 0 Å². The maximum absolute atomic E-state index is 5.87. The van der Waals surface area contributed by atoms with Crippen molar-refractivity contribution in [2.45, 2.75) is 51.6 Å². The third-order valence-corrected chi connectivity index (χ3v) is 3.14. The number of nitrogens with two attached hydrogens (primary N) is 1. The second-order valence-corrected chi connectivity index (χ2v) is 5.93. The average Bonchev–Trinajstić information content (AvgIpc) is 2.24. The second-order valence-electron chi connectivity index (χ2n) is 5.93. The van der Waals surface area contributed by atoms with Crippen LogP contribution in [-0.4, -0.2) is 13.1 Å². The van der Waals surface area contributed by atoms with E-state index in [1.54, 1.807) is 0 Å². The number of rotatable bonds is 4. The first-order valence-corrected chi connectivity index (χ1v) is 6.38. The molecule has 0 aliphatic carbocycles. The van der Waals surface area contributed by atoms with Crippen LogP contribution in [-0.2, 0) is 5.41 Å². The lowest BCUT2D eigenvalue weighted by Gasteiger charge is -2.22. The van der Waals surface area contributed by atoms with Crippen molar-refractivity contribution >= 4 is 0 Å². The van der Waals surface area contributed by atoms with Gasteiger partial charge in [-0.2, -0.15) is 0 Å². The summed E-state index contributed by atoms with van der Waals surface area (Å²) in [6.45, 7) is 8.76. The molecule has 0 heterocycles. The highest BCUT2D eigenvalue weighted by atomic mass is 14.9. The van der Waals surface area contributed by atoms with Crippen molar-refractivity contribution in [3.63, 3.8) is 0 Å². The summed E-state index contributed by atoms with van der Waals surface area (Å²) in [5.41, 5.74) is 8.77. The largest absolute Gasteiger partial charge is 0.328 e. The summed E-state index contributed by atoms with van der Waals surface area (Å²) in [6.07, 6.45) is 0.964. The fourth-order valence-corrected chi connectivity index (χ4v) is 2.01. The summed E-state index contributed by atoms with van der Waals surface area (Å²) in [6, 6.07) is 9.44. The molecule has 0 aliphatic heterocycles. The van der Waals surface area contributed by atoms with Crippen LogP contribution in [0.5, 0.6) is 0 Å². The molecule has 0 fully saturated rings. The molecule has 0 amide bonds. The van der Waals surface area contributed by atoms with Crippen molar-refractivity contribution in [1.82, 2.24) is 5.32 Å². The zero-order chi connectivity index (χ0) is 13.1. The highest BCUT2D eigenvalue weighted by Gasteiger charge is 2.15. The van der Waals surface area contributed by atoms with Gasteiger partial charge in [-0.3, -0.25) is 0 Å². The summed E-state index contributed by atoms with van der Waals surface area (Å²) in [5.74, 6) is 0. The number of benzene rings is 1. The third kappa shape index (κ3) is 4.14. The lowest BCUT2D eigenvalue weighted by molar-refractivity contribution is 0.498. The van der Waals surface area contributed by atoms with Crippen LogP contribution in [0.15, 0.2) is 24.3 Å². The van der Waals surface area contributed by atoms with Crippen LogP contribution in [0.3, 0.4) is 0 Å². The Morgan fingerprint density at radius 1 is 1.18 bits per heavy atom. The van der Waals surface area contributed by atoms with Gasteiger partial charge >= 0.3 is 0 Å². The second kappa shape index (κ2) is 5.65. The third-order valence-electron chi connectivity index (χ3n) is 3.14. The molecule has 0 saturated heterocycles. The molecule has 0 bridgehead atoms. The van der Waals surface area contributed by atoms with Crippen molar-refractivity contribution in [2.75, 3.05) is 7.05 Å². The van der Waals surface area contributed by atoms with Crippen LogP contribution in [0.2, 0.25) is 0 Å². The number of hydrogen-bond acceptors (Lipinski definition) is 2. The van der Waals surface area contributed by atoms with Gasteiger partial charge in [0, 0.05) is 12.1 Å². The van der Waals surface area contributed by atoms with Gasteiger partial charge in [0.25, 0.3) is 0 Å². The van der Waals surface area contributed by atoms with Crippen molar-refractivity contribution in [3.8, 4) is 0 Å². The standard InChI is InChI=1S/C15H26N2/c1-11(16)10-14(17-5)12-6-8-13(9-7-12)15(2,3)4/h6-9,11,14,17H,10,16H2,1-5H3. The smallest absolute Gasteiger partial charge is 0.0332 e. The van der Waals surface area contributed by atoms with E-state index in [1.807, 2.05) is 14.0 Å². The molecule has 1 aromatic carbocycles. The summed E-state index contributed by atoms with van der Waals surface area (Å²) in [4.78, 5) is 0. The van der Waals surface area contributed by atoms with E-state index in [2.05, 4.69) is 50.4 Å². The first-order valence-electron chi connectivity index (χ1n) is 6.38. The number of hydrogen-bond donors (Lipinski definition) is 2. The molecule has 3 N–H and O–H groups in total. The van der Waals surface area contributed by atoms with Gasteiger partial charge < -0.3 is 11.1 Å². The first-order chi connectivity index (χ1) is 7.84. The van der Waals surface area contributed by atoms with Crippen LogP contribution in [0, 0.1) is 0 Å². The first kappa shape index (κ1) is 14.2. The average molecular weight is 234 g/mol. The molecular weight excluding hydrogens is 208 g/mol. The molecule has 2 unspecified atom stereocenters. The minimum atomic E-state index is 0.217. The Bertz CT molecular complexity index is 333. The monoisotopic (exact) mass is 234 g/mol. The van der Waals surface area contributed by atoms with Crippen molar-refractivity contribution in [1.29, 1.82) is 0 Å². The lowest BCUT2D eigenvalue weighted by atomic mass is 9.86. The number of nitrogens with one attached hydrogen (secondary N) is 1. The molecule has 1 rings (SSSR count). The zero-order valence-electron chi connectivity index (χ0n) is 11.7. The SMILES string of the molecule is CNC(CC(C)N)c1ccc(C(C)(C)C)cc1. The maximum atomic E-state index is 5.87. The Kier molecular flexibility index (Phi) is 4.72. The lowest BCUT2D eigenvalue weighted by Crippen LogP contribution is -2.25. The predicted octanol–water partition coefficient (Wildman–Crippen LogP) is 2.98. The molecule has 17 heavy (non-hydrogen) atoms. The van der Waals surface area contributed by atoms with Gasteiger partial charge in [0.15, 0.2) is 0 Å². The topological polar surface area (TPSA) is 38.0 Å². The molecule has 0 spiro atoms. The van der Waals surface area contributed by atoms with Crippen LogP contribution in [0.1, 0.15) is 51.3 Å². The van der Waals surface area contributed by atoms with E-state index in [-0.39, 0.29) is 11.5 Å². The molecule has 0 radical (unpaired) electrons. The molecule has 2 heteroatoms. The predicted molar refractivity (Wildman–Crippen MR) is 75.2 cm³/mol. The molecule has 0 aliphatic rings. The molecule has 0 saturated carbocycles. The Morgan fingerprint density at radius 2 is 1.71 bits per heavy atom. The van der Waals surface area contributed by atoms with E-state index in [0.717, 1.165) is 6.42 Å². The van der Waals surface area contributed by atoms with E-state index in [9.17, 15) is 0 Å². The van der Waals surface area contributed by atoms with Crippen molar-refractivity contribution in [2.24, 2.45) is 5.73 Å². The summed E-state index contributed by atoms with van der Waals surface area (Å²) < 4.78 is 0. The van der Waals surface area contributed by atoms with Crippen LogP contribution < -0.4 is 11.1 Å².